The van der Waals surface area contributed by atoms with Gasteiger partial charge in [0.1, 0.15) is 18.8 Å². The molecule has 1 saturated heterocycles. The highest BCUT2D eigenvalue weighted by molar-refractivity contribution is 5.96. The fraction of sp³-hybridized carbons (Fsp3) is 0.833. The zero-order valence-electron chi connectivity index (χ0n) is 10.7. The van der Waals surface area contributed by atoms with Gasteiger partial charge in [0.2, 0.25) is 11.8 Å². The molecule has 98 valence electrons. The Morgan fingerprint density at radius 3 is 2.53 bits per heavy atom. The zero-order chi connectivity index (χ0) is 13.0. The van der Waals surface area contributed by atoms with Gasteiger partial charge in [0.15, 0.2) is 0 Å². The van der Waals surface area contributed by atoms with Crippen molar-refractivity contribution in [3.05, 3.63) is 0 Å². The zero-order valence-corrected chi connectivity index (χ0v) is 10.7. The van der Waals surface area contributed by atoms with Crippen molar-refractivity contribution in [3.63, 3.8) is 0 Å². The minimum atomic E-state index is -0.607. The van der Waals surface area contributed by atoms with Gasteiger partial charge >= 0.3 is 0 Å². The lowest BCUT2D eigenvalue weighted by atomic mass is 9.97. The van der Waals surface area contributed by atoms with E-state index in [4.69, 9.17) is 0 Å². The van der Waals surface area contributed by atoms with E-state index in [0.717, 1.165) is 0 Å². The van der Waals surface area contributed by atoms with Gasteiger partial charge in [-0.15, -0.1) is 0 Å². The summed E-state index contributed by atoms with van der Waals surface area (Å²) < 4.78 is 12.5. The first-order chi connectivity index (χ1) is 8.01. The maximum absolute atomic E-state index is 12.5. The summed E-state index contributed by atoms with van der Waals surface area (Å²) in [5, 5.41) is 2.71. The molecule has 1 heterocycles. The van der Waals surface area contributed by atoms with Crippen LogP contribution in [0.4, 0.5) is 4.39 Å². The summed E-state index contributed by atoms with van der Waals surface area (Å²) in [6.07, 6.45) is 1.12. The van der Waals surface area contributed by atoms with E-state index in [2.05, 4.69) is 5.32 Å². The third kappa shape index (κ3) is 3.17. The molecule has 0 aromatic carbocycles. The molecular weight excluding hydrogens is 223 g/mol. The van der Waals surface area contributed by atoms with Crippen molar-refractivity contribution in [1.29, 1.82) is 0 Å². The van der Waals surface area contributed by atoms with Crippen molar-refractivity contribution < 1.29 is 14.0 Å². The third-order valence-electron chi connectivity index (χ3n) is 3.00. The minimum Gasteiger partial charge on any atom is -0.343 e. The molecule has 0 bridgehead atoms. The van der Waals surface area contributed by atoms with Crippen LogP contribution in [0.5, 0.6) is 0 Å². The first-order valence-corrected chi connectivity index (χ1v) is 6.18. The lowest BCUT2D eigenvalue weighted by molar-refractivity contribution is -0.150. The van der Waals surface area contributed by atoms with E-state index >= 15 is 0 Å². The number of alkyl halides is 1. The second-order valence-corrected chi connectivity index (χ2v) is 4.84. The molecule has 0 aromatic heterocycles. The molecule has 4 nitrogen and oxygen atoms in total. The monoisotopic (exact) mass is 244 g/mol. The van der Waals surface area contributed by atoms with E-state index < -0.39 is 18.8 Å². The average Bonchev–Trinajstić information content (AvgIpc) is 2.27. The second kappa shape index (κ2) is 5.98. The van der Waals surface area contributed by atoms with E-state index in [1.54, 1.807) is 0 Å². The van der Waals surface area contributed by atoms with Gasteiger partial charge in [0.05, 0.1) is 0 Å². The minimum absolute atomic E-state index is 0.0140. The molecular formula is C12H21FN2O2. The molecule has 0 aromatic rings. The Kier molecular flexibility index (Phi) is 4.90. The standard InChI is InChI=1S/C12H21FN2O2/c1-4-9-12(17)15(6-5-13)10(7-8(2)3)11(16)14-9/h8-10H,4-7H2,1-3H3,(H,14,16). The number of halogens is 1. The number of piperazine rings is 1. The summed E-state index contributed by atoms with van der Waals surface area (Å²) in [5.74, 6) is -0.0205. The molecule has 2 atom stereocenters. The van der Waals surface area contributed by atoms with Crippen LogP contribution in [0.1, 0.15) is 33.6 Å². The van der Waals surface area contributed by atoms with Crippen LogP contribution in [0.2, 0.25) is 0 Å². The van der Waals surface area contributed by atoms with Gasteiger partial charge < -0.3 is 10.2 Å². The average molecular weight is 244 g/mol. The molecule has 0 radical (unpaired) electrons. The molecule has 1 aliphatic heterocycles. The van der Waals surface area contributed by atoms with E-state index in [1.807, 2.05) is 20.8 Å². The molecule has 0 spiro atoms. The molecule has 0 saturated carbocycles. The van der Waals surface area contributed by atoms with Crippen LogP contribution in [0.3, 0.4) is 0 Å². The Hall–Kier alpha value is -1.13. The fourth-order valence-electron chi connectivity index (χ4n) is 2.14. The second-order valence-electron chi connectivity index (χ2n) is 4.84. The van der Waals surface area contributed by atoms with Crippen molar-refractivity contribution in [2.45, 2.75) is 45.7 Å². The number of rotatable bonds is 5. The quantitative estimate of drug-likeness (QED) is 0.787. The predicted molar refractivity (Wildman–Crippen MR) is 63.2 cm³/mol. The van der Waals surface area contributed by atoms with Crippen molar-refractivity contribution in [2.75, 3.05) is 13.2 Å². The Morgan fingerprint density at radius 2 is 2.06 bits per heavy atom. The number of carbonyl (C=O) groups excluding carboxylic acids is 2. The first-order valence-electron chi connectivity index (χ1n) is 6.18. The highest BCUT2D eigenvalue weighted by Gasteiger charge is 2.39. The third-order valence-corrected chi connectivity index (χ3v) is 3.00. The van der Waals surface area contributed by atoms with Gasteiger partial charge in [-0.2, -0.15) is 0 Å². The molecule has 0 aliphatic carbocycles. The molecule has 1 fully saturated rings. The SMILES string of the molecule is CCC1NC(=O)C(CC(C)C)N(CCF)C1=O. The fourth-order valence-corrected chi connectivity index (χ4v) is 2.14. The topological polar surface area (TPSA) is 49.4 Å². The van der Waals surface area contributed by atoms with Crippen molar-refractivity contribution >= 4 is 11.8 Å². The smallest absolute Gasteiger partial charge is 0.245 e. The van der Waals surface area contributed by atoms with Gasteiger partial charge in [0.25, 0.3) is 0 Å². The maximum atomic E-state index is 12.5. The highest BCUT2D eigenvalue weighted by atomic mass is 19.1. The summed E-state index contributed by atoms with van der Waals surface area (Å²) >= 11 is 0. The molecule has 1 aliphatic rings. The lowest BCUT2D eigenvalue weighted by Crippen LogP contribution is -2.63. The number of carbonyl (C=O) groups is 2. The summed E-state index contributed by atoms with van der Waals surface area (Å²) in [4.78, 5) is 25.3. The van der Waals surface area contributed by atoms with Crippen LogP contribution >= 0.6 is 0 Å². The Labute approximate surface area is 102 Å². The molecule has 17 heavy (non-hydrogen) atoms. The van der Waals surface area contributed by atoms with E-state index in [0.29, 0.717) is 18.8 Å². The predicted octanol–water partition coefficient (Wildman–Crippen LogP) is 1.11. The lowest BCUT2D eigenvalue weighted by Gasteiger charge is -2.39. The van der Waals surface area contributed by atoms with Gasteiger partial charge in [0, 0.05) is 6.54 Å². The highest BCUT2D eigenvalue weighted by Crippen LogP contribution is 2.18. The Balaban J connectivity index is 2.85. The van der Waals surface area contributed by atoms with Crippen LogP contribution in [-0.2, 0) is 9.59 Å². The van der Waals surface area contributed by atoms with E-state index in [1.165, 1.54) is 4.90 Å². The number of nitrogens with one attached hydrogen (secondary N) is 1. The van der Waals surface area contributed by atoms with Crippen LogP contribution in [-0.4, -0.2) is 42.0 Å². The summed E-state index contributed by atoms with van der Waals surface area (Å²) in [7, 11) is 0. The maximum Gasteiger partial charge on any atom is 0.245 e. The summed E-state index contributed by atoms with van der Waals surface area (Å²) in [6, 6.07) is -1.00. The van der Waals surface area contributed by atoms with Crippen molar-refractivity contribution in [3.8, 4) is 0 Å². The van der Waals surface area contributed by atoms with Crippen LogP contribution in [0.25, 0.3) is 0 Å². The van der Waals surface area contributed by atoms with E-state index in [9.17, 15) is 14.0 Å². The van der Waals surface area contributed by atoms with Crippen LogP contribution in [0.15, 0.2) is 0 Å². The Bertz CT molecular complexity index is 294. The molecule has 5 heteroatoms. The number of amides is 2. The van der Waals surface area contributed by atoms with Crippen molar-refractivity contribution in [1.82, 2.24) is 10.2 Å². The number of hydrogen-bond acceptors (Lipinski definition) is 2. The van der Waals surface area contributed by atoms with E-state index in [-0.39, 0.29) is 18.4 Å². The molecule has 2 amide bonds. The summed E-state index contributed by atoms with van der Waals surface area (Å²) in [5.41, 5.74) is 0. The number of nitrogens with zero attached hydrogens (tertiary/aromatic N) is 1. The molecule has 1 N–H and O–H groups in total. The molecule has 2 unspecified atom stereocenters. The summed E-state index contributed by atoms with van der Waals surface area (Å²) in [6.45, 7) is 5.21. The van der Waals surface area contributed by atoms with Crippen LogP contribution in [0, 0.1) is 5.92 Å². The van der Waals surface area contributed by atoms with Gasteiger partial charge in [-0.1, -0.05) is 20.8 Å². The number of hydrogen-bond donors (Lipinski definition) is 1. The van der Waals surface area contributed by atoms with Gasteiger partial charge in [-0.3, -0.25) is 9.59 Å². The van der Waals surface area contributed by atoms with Gasteiger partial charge in [-0.05, 0) is 18.8 Å². The molecule has 1 rings (SSSR count). The van der Waals surface area contributed by atoms with Crippen LogP contribution < -0.4 is 5.32 Å². The normalized spacial score (nSPS) is 25.4. The Morgan fingerprint density at radius 1 is 1.41 bits per heavy atom. The largest absolute Gasteiger partial charge is 0.343 e. The van der Waals surface area contributed by atoms with Crippen molar-refractivity contribution in [2.24, 2.45) is 5.92 Å². The first kappa shape index (κ1) is 13.9. The van der Waals surface area contributed by atoms with Gasteiger partial charge in [-0.25, -0.2) is 4.39 Å².